The Kier molecular flexibility index (Phi) is 4.71. The smallest absolute Gasteiger partial charge is 0.289 e. The van der Waals surface area contributed by atoms with Gasteiger partial charge in [0.1, 0.15) is 5.76 Å². The van der Waals surface area contributed by atoms with E-state index in [4.69, 9.17) is 10.2 Å². The molecule has 0 spiro atoms. The molecule has 1 aromatic rings. The zero-order valence-electron chi connectivity index (χ0n) is 10.0. The summed E-state index contributed by atoms with van der Waals surface area (Å²) in [5.41, 5.74) is 5.38. The van der Waals surface area contributed by atoms with Gasteiger partial charge in [-0.3, -0.25) is 9.59 Å². The summed E-state index contributed by atoms with van der Waals surface area (Å²) in [6.45, 7) is 2.61. The summed E-state index contributed by atoms with van der Waals surface area (Å²) in [5.74, 6) is 0.196. The molecule has 94 valence electrons. The molecule has 0 aliphatic heterocycles. The second kappa shape index (κ2) is 6.05. The molecule has 0 aliphatic carbocycles. The first-order valence-corrected chi connectivity index (χ1v) is 5.39. The average molecular weight is 239 g/mol. The standard InChI is InChI=1S/C11H17N3O3/c1-3-13-10(15)7-14(2)11(16)9-5-4-8(6-12)17-9/h4-5H,3,6-7,12H2,1-2H3,(H,13,15). The zero-order valence-corrected chi connectivity index (χ0v) is 10.0. The third-order valence-electron chi connectivity index (χ3n) is 2.18. The fourth-order valence-corrected chi connectivity index (χ4v) is 1.33. The van der Waals surface area contributed by atoms with Gasteiger partial charge in [0, 0.05) is 13.6 Å². The number of carbonyl (C=O) groups excluding carboxylic acids is 2. The number of nitrogens with two attached hydrogens (primary N) is 1. The van der Waals surface area contributed by atoms with Gasteiger partial charge >= 0.3 is 0 Å². The van der Waals surface area contributed by atoms with Crippen LogP contribution in [0.5, 0.6) is 0 Å². The topological polar surface area (TPSA) is 88.6 Å². The first kappa shape index (κ1) is 13.2. The maximum atomic E-state index is 11.8. The Morgan fingerprint density at radius 3 is 2.71 bits per heavy atom. The summed E-state index contributed by atoms with van der Waals surface area (Å²) in [7, 11) is 1.54. The van der Waals surface area contributed by atoms with Crippen LogP contribution in [0.15, 0.2) is 16.5 Å². The minimum absolute atomic E-state index is 0.00529. The SMILES string of the molecule is CCNC(=O)CN(C)C(=O)c1ccc(CN)o1. The van der Waals surface area contributed by atoms with Crippen molar-refractivity contribution in [3.63, 3.8) is 0 Å². The van der Waals surface area contributed by atoms with E-state index in [1.807, 2.05) is 6.92 Å². The molecule has 2 amide bonds. The van der Waals surface area contributed by atoms with Gasteiger partial charge < -0.3 is 20.4 Å². The molecular weight excluding hydrogens is 222 g/mol. The van der Waals surface area contributed by atoms with E-state index >= 15 is 0 Å². The van der Waals surface area contributed by atoms with Crippen LogP contribution in [0.3, 0.4) is 0 Å². The molecule has 0 bridgehead atoms. The minimum atomic E-state index is -0.337. The van der Waals surface area contributed by atoms with Gasteiger partial charge in [-0.2, -0.15) is 0 Å². The fourth-order valence-electron chi connectivity index (χ4n) is 1.33. The number of hydrogen-bond acceptors (Lipinski definition) is 4. The lowest BCUT2D eigenvalue weighted by atomic mass is 10.3. The van der Waals surface area contributed by atoms with Crippen LogP contribution in [0, 0.1) is 0 Å². The number of nitrogens with zero attached hydrogens (tertiary/aromatic N) is 1. The van der Waals surface area contributed by atoms with Crippen molar-refractivity contribution in [2.24, 2.45) is 5.73 Å². The molecule has 1 heterocycles. The predicted molar refractivity (Wildman–Crippen MR) is 62.2 cm³/mol. The summed E-state index contributed by atoms with van der Waals surface area (Å²) in [6, 6.07) is 3.20. The lowest BCUT2D eigenvalue weighted by Crippen LogP contribution is -2.38. The highest BCUT2D eigenvalue weighted by Gasteiger charge is 2.17. The van der Waals surface area contributed by atoms with Crippen LogP contribution in [0.25, 0.3) is 0 Å². The lowest BCUT2D eigenvalue weighted by molar-refractivity contribution is -0.121. The molecule has 0 unspecified atom stereocenters. The van der Waals surface area contributed by atoms with E-state index in [1.165, 1.54) is 4.90 Å². The maximum Gasteiger partial charge on any atom is 0.289 e. The quantitative estimate of drug-likeness (QED) is 0.753. The molecule has 0 saturated heterocycles. The van der Waals surface area contributed by atoms with Crippen LogP contribution >= 0.6 is 0 Å². The first-order chi connectivity index (χ1) is 8.08. The van der Waals surface area contributed by atoms with Gasteiger partial charge in [-0.05, 0) is 19.1 Å². The van der Waals surface area contributed by atoms with Crippen LogP contribution < -0.4 is 11.1 Å². The maximum absolute atomic E-state index is 11.8. The number of nitrogens with one attached hydrogen (secondary N) is 1. The second-order valence-electron chi connectivity index (χ2n) is 3.58. The average Bonchev–Trinajstić information content (AvgIpc) is 2.76. The Morgan fingerprint density at radius 2 is 2.18 bits per heavy atom. The molecule has 0 radical (unpaired) electrons. The Bertz CT molecular complexity index is 400. The molecule has 3 N–H and O–H groups in total. The largest absolute Gasteiger partial charge is 0.455 e. The van der Waals surface area contributed by atoms with Crippen molar-refractivity contribution in [1.29, 1.82) is 0 Å². The highest BCUT2D eigenvalue weighted by atomic mass is 16.4. The van der Waals surface area contributed by atoms with E-state index in [9.17, 15) is 9.59 Å². The normalized spacial score (nSPS) is 10.1. The van der Waals surface area contributed by atoms with Gasteiger partial charge in [0.2, 0.25) is 5.91 Å². The van der Waals surface area contributed by atoms with Crippen LogP contribution in [0.2, 0.25) is 0 Å². The minimum Gasteiger partial charge on any atom is -0.455 e. The molecule has 1 rings (SSSR count). The van der Waals surface area contributed by atoms with Gasteiger partial charge in [0.25, 0.3) is 5.91 Å². The second-order valence-corrected chi connectivity index (χ2v) is 3.58. The van der Waals surface area contributed by atoms with Gasteiger partial charge in [-0.1, -0.05) is 0 Å². The number of likely N-dealkylation sites (N-methyl/N-ethyl adjacent to an activating group) is 2. The molecule has 17 heavy (non-hydrogen) atoms. The van der Waals surface area contributed by atoms with Crippen molar-refractivity contribution in [2.45, 2.75) is 13.5 Å². The number of carbonyl (C=O) groups is 2. The fraction of sp³-hybridized carbons (Fsp3) is 0.455. The summed E-state index contributed by atoms with van der Waals surface area (Å²) in [6.07, 6.45) is 0. The summed E-state index contributed by atoms with van der Waals surface area (Å²) >= 11 is 0. The number of amides is 2. The van der Waals surface area contributed by atoms with Gasteiger partial charge in [0.05, 0.1) is 13.1 Å². The first-order valence-electron chi connectivity index (χ1n) is 5.39. The Morgan fingerprint density at radius 1 is 1.47 bits per heavy atom. The Labute approximate surface area is 99.8 Å². The molecule has 0 fully saturated rings. The van der Waals surface area contributed by atoms with E-state index in [-0.39, 0.29) is 30.7 Å². The summed E-state index contributed by atoms with van der Waals surface area (Å²) < 4.78 is 5.21. The summed E-state index contributed by atoms with van der Waals surface area (Å²) in [5, 5.41) is 2.62. The van der Waals surface area contributed by atoms with E-state index in [1.54, 1.807) is 19.2 Å². The Balaban J connectivity index is 2.60. The van der Waals surface area contributed by atoms with Crippen molar-refractivity contribution in [2.75, 3.05) is 20.1 Å². The molecule has 0 saturated carbocycles. The van der Waals surface area contributed by atoms with Crippen molar-refractivity contribution in [3.05, 3.63) is 23.7 Å². The monoisotopic (exact) mass is 239 g/mol. The lowest BCUT2D eigenvalue weighted by Gasteiger charge is -2.14. The van der Waals surface area contributed by atoms with Gasteiger partial charge in [0.15, 0.2) is 5.76 Å². The third kappa shape index (κ3) is 3.60. The van der Waals surface area contributed by atoms with Crippen molar-refractivity contribution in [1.82, 2.24) is 10.2 Å². The summed E-state index contributed by atoms with van der Waals surface area (Å²) in [4.78, 5) is 24.4. The number of rotatable bonds is 5. The molecule has 0 aromatic carbocycles. The van der Waals surface area contributed by atoms with Crippen LogP contribution in [-0.4, -0.2) is 36.9 Å². The number of hydrogen-bond donors (Lipinski definition) is 2. The van der Waals surface area contributed by atoms with E-state index in [0.717, 1.165) is 0 Å². The van der Waals surface area contributed by atoms with Crippen LogP contribution in [0.1, 0.15) is 23.2 Å². The zero-order chi connectivity index (χ0) is 12.8. The Hall–Kier alpha value is -1.82. The molecular formula is C11H17N3O3. The molecule has 6 nitrogen and oxygen atoms in total. The van der Waals surface area contributed by atoms with E-state index in [0.29, 0.717) is 12.3 Å². The molecule has 0 atom stereocenters. The van der Waals surface area contributed by atoms with Gasteiger partial charge in [-0.25, -0.2) is 0 Å². The third-order valence-corrected chi connectivity index (χ3v) is 2.18. The highest BCUT2D eigenvalue weighted by Crippen LogP contribution is 2.09. The van der Waals surface area contributed by atoms with Crippen molar-refractivity contribution < 1.29 is 14.0 Å². The van der Waals surface area contributed by atoms with Crippen LogP contribution in [0.4, 0.5) is 0 Å². The molecule has 1 aromatic heterocycles. The predicted octanol–water partition coefficient (Wildman–Crippen LogP) is -0.0536. The van der Waals surface area contributed by atoms with Crippen molar-refractivity contribution in [3.8, 4) is 0 Å². The highest BCUT2D eigenvalue weighted by molar-refractivity contribution is 5.94. The van der Waals surface area contributed by atoms with E-state index < -0.39 is 0 Å². The number of furan rings is 1. The van der Waals surface area contributed by atoms with Crippen LogP contribution in [-0.2, 0) is 11.3 Å². The molecule has 0 aliphatic rings. The molecule has 6 heteroatoms. The van der Waals surface area contributed by atoms with Gasteiger partial charge in [-0.15, -0.1) is 0 Å². The van der Waals surface area contributed by atoms with Crippen molar-refractivity contribution >= 4 is 11.8 Å². The van der Waals surface area contributed by atoms with E-state index in [2.05, 4.69) is 5.32 Å².